The maximum atomic E-state index is 5.07. The SMILES string of the molecule is CCC1=NC(C)(C)C(=S)N1. The molecule has 0 radical (unpaired) electrons. The van der Waals surface area contributed by atoms with Crippen LogP contribution in [-0.4, -0.2) is 16.4 Å². The van der Waals surface area contributed by atoms with Crippen LogP contribution in [0.15, 0.2) is 4.99 Å². The number of hydrogen-bond acceptors (Lipinski definition) is 2. The van der Waals surface area contributed by atoms with Gasteiger partial charge in [0.1, 0.15) is 16.4 Å². The van der Waals surface area contributed by atoms with Crippen LogP contribution in [0.3, 0.4) is 0 Å². The van der Waals surface area contributed by atoms with Crippen LogP contribution in [-0.2, 0) is 0 Å². The van der Waals surface area contributed by atoms with Crippen LogP contribution in [0.2, 0.25) is 0 Å². The van der Waals surface area contributed by atoms with E-state index in [0.29, 0.717) is 0 Å². The van der Waals surface area contributed by atoms with E-state index < -0.39 is 0 Å². The fourth-order valence-corrected chi connectivity index (χ4v) is 1.03. The van der Waals surface area contributed by atoms with E-state index in [1.807, 2.05) is 13.8 Å². The fourth-order valence-electron chi connectivity index (χ4n) is 0.868. The van der Waals surface area contributed by atoms with Crippen LogP contribution in [0.25, 0.3) is 0 Å². The zero-order chi connectivity index (χ0) is 7.78. The van der Waals surface area contributed by atoms with Gasteiger partial charge in [-0.25, -0.2) is 0 Å². The molecule has 0 aromatic rings. The van der Waals surface area contributed by atoms with E-state index in [4.69, 9.17) is 12.2 Å². The van der Waals surface area contributed by atoms with Crippen molar-refractivity contribution in [2.24, 2.45) is 4.99 Å². The summed E-state index contributed by atoms with van der Waals surface area (Å²) in [6, 6.07) is 0. The van der Waals surface area contributed by atoms with Crippen molar-refractivity contribution in [3.63, 3.8) is 0 Å². The first-order chi connectivity index (χ1) is 4.56. The lowest BCUT2D eigenvalue weighted by Crippen LogP contribution is -2.32. The highest BCUT2D eigenvalue weighted by Gasteiger charge is 2.29. The Hall–Kier alpha value is -0.440. The first kappa shape index (κ1) is 7.66. The summed E-state index contributed by atoms with van der Waals surface area (Å²) in [5, 5.41) is 3.08. The Balaban J connectivity index is 2.81. The molecule has 1 heterocycles. The van der Waals surface area contributed by atoms with Crippen molar-refractivity contribution < 1.29 is 0 Å². The molecule has 0 fully saturated rings. The molecule has 0 amide bonds. The van der Waals surface area contributed by atoms with Crippen LogP contribution in [0, 0.1) is 0 Å². The van der Waals surface area contributed by atoms with Crippen molar-refractivity contribution >= 4 is 23.0 Å². The van der Waals surface area contributed by atoms with Gasteiger partial charge in [-0.2, -0.15) is 0 Å². The molecular weight excluding hydrogens is 144 g/mol. The lowest BCUT2D eigenvalue weighted by molar-refractivity contribution is 0.721. The monoisotopic (exact) mass is 156 g/mol. The summed E-state index contributed by atoms with van der Waals surface area (Å²) >= 11 is 5.07. The van der Waals surface area contributed by atoms with Gasteiger partial charge in [0, 0.05) is 6.42 Å². The van der Waals surface area contributed by atoms with Gasteiger partial charge in [-0.3, -0.25) is 4.99 Å². The molecule has 0 spiro atoms. The first-order valence-corrected chi connectivity index (χ1v) is 3.87. The van der Waals surface area contributed by atoms with Gasteiger partial charge in [-0.1, -0.05) is 19.1 Å². The molecule has 0 atom stereocenters. The highest BCUT2D eigenvalue weighted by Crippen LogP contribution is 2.16. The third-order valence-corrected chi connectivity index (χ3v) is 2.16. The van der Waals surface area contributed by atoms with Gasteiger partial charge in [-0.05, 0) is 13.8 Å². The molecule has 10 heavy (non-hydrogen) atoms. The Kier molecular flexibility index (Phi) is 1.77. The Labute approximate surface area is 66.7 Å². The molecule has 1 aliphatic rings. The highest BCUT2D eigenvalue weighted by atomic mass is 32.1. The molecule has 0 aromatic carbocycles. The minimum absolute atomic E-state index is 0.166. The van der Waals surface area contributed by atoms with Crippen LogP contribution < -0.4 is 5.32 Å². The predicted octanol–water partition coefficient (Wildman–Crippen LogP) is 1.50. The van der Waals surface area contributed by atoms with Gasteiger partial charge in [0.05, 0.1) is 0 Å². The van der Waals surface area contributed by atoms with Gasteiger partial charge in [0.15, 0.2) is 0 Å². The number of hydrogen-bond donors (Lipinski definition) is 1. The minimum atomic E-state index is -0.166. The number of aliphatic imine (C=N–C) groups is 1. The highest BCUT2D eigenvalue weighted by molar-refractivity contribution is 7.80. The number of nitrogens with one attached hydrogen (secondary N) is 1. The van der Waals surface area contributed by atoms with E-state index in [-0.39, 0.29) is 5.54 Å². The molecule has 56 valence electrons. The van der Waals surface area contributed by atoms with Gasteiger partial charge in [0.25, 0.3) is 0 Å². The second kappa shape index (κ2) is 2.31. The van der Waals surface area contributed by atoms with Crippen LogP contribution in [0.5, 0.6) is 0 Å². The van der Waals surface area contributed by atoms with E-state index in [1.54, 1.807) is 0 Å². The quantitative estimate of drug-likeness (QED) is 0.582. The van der Waals surface area contributed by atoms with E-state index in [1.165, 1.54) is 0 Å². The zero-order valence-corrected chi connectivity index (χ0v) is 7.38. The van der Waals surface area contributed by atoms with Crippen molar-refractivity contribution in [2.45, 2.75) is 32.7 Å². The fraction of sp³-hybridized carbons (Fsp3) is 0.714. The third-order valence-electron chi connectivity index (χ3n) is 1.56. The second-order valence-corrected chi connectivity index (χ2v) is 3.33. The van der Waals surface area contributed by atoms with Crippen molar-refractivity contribution in [1.82, 2.24) is 5.32 Å². The molecule has 3 heteroatoms. The van der Waals surface area contributed by atoms with E-state index in [9.17, 15) is 0 Å². The Bertz CT molecular complexity index is 194. The van der Waals surface area contributed by atoms with Gasteiger partial charge in [-0.15, -0.1) is 0 Å². The van der Waals surface area contributed by atoms with Crippen LogP contribution in [0.4, 0.5) is 0 Å². The molecule has 1 rings (SSSR count). The maximum Gasteiger partial charge on any atom is 0.108 e. The summed E-state index contributed by atoms with van der Waals surface area (Å²) in [7, 11) is 0. The van der Waals surface area contributed by atoms with Gasteiger partial charge < -0.3 is 5.32 Å². The first-order valence-electron chi connectivity index (χ1n) is 3.46. The van der Waals surface area contributed by atoms with E-state index in [2.05, 4.69) is 17.2 Å². The molecule has 1 N–H and O–H groups in total. The molecule has 0 saturated heterocycles. The molecule has 0 saturated carbocycles. The van der Waals surface area contributed by atoms with Crippen molar-refractivity contribution in [3.8, 4) is 0 Å². The largest absolute Gasteiger partial charge is 0.337 e. The maximum absolute atomic E-state index is 5.07. The van der Waals surface area contributed by atoms with E-state index >= 15 is 0 Å². The number of amidine groups is 1. The number of rotatable bonds is 1. The summed E-state index contributed by atoms with van der Waals surface area (Å²) in [6.45, 7) is 6.10. The second-order valence-electron chi connectivity index (χ2n) is 2.93. The standard InChI is InChI=1S/C7H12N2S/c1-4-5-8-6(10)7(2,3)9-5/h4H2,1-3H3,(H,8,9,10). The Morgan fingerprint density at radius 1 is 1.60 bits per heavy atom. The summed E-state index contributed by atoms with van der Waals surface area (Å²) < 4.78 is 0. The normalized spacial score (nSPS) is 22.3. The minimum Gasteiger partial charge on any atom is -0.337 e. The van der Waals surface area contributed by atoms with Crippen molar-refractivity contribution in [3.05, 3.63) is 0 Å². The zero-order valence-electron chi connectivity index (χ0n) is 6.56. The summed E-state index contributed by atoms with van der Waals surface area (Å²) in [6.07, 6.45) is 0.934. The summed E-state index contributed by atoms with van der Waals surface area (Å²) in [5.74, 6) is 1.01. The molecule has 0 aromatic heterocycles. The summed E-state index contributed by atoms with van der Waals surface area (Å²) in [5.41, 5.74) is -0.166. The van der Waals surface area contributed by atoms with Crippen LogP contribution >= 0.6 is 12.2 Å². The molecule has 0 unspecified atom stereocenters. The summed E-state index contributed by atoms with van der Waals surface area (Å²) in [4.78, 5) is 5.22. The average Bonchev–Trinajstić information content (AvgIpc) is 2.08. The molecule has 1 aliphatic heterocycles. The molecular formula is C7H12N2S. The number of thiocarbonyl (C=S) groups is 1. The van der Waals surface area contributed by atoms with Crippen LogP contribution in [0.1, 0.15) is 27.2 Å². The lowest BCUT2D eigenvalue weighted by Gasteiger charge is -2.11. The van der Waals surface area contributed by atoms with Gasteiger partial charge in [0.2, 0.25) is 0 Å². The Morgan fingerprint density at radius 3 is 2.40 bits per heavy atom. The lowest BCUT2D eigenvalue weighted by atomic mass is 10.1. The predicted molar refractivity (Wildman–Crippen MR) is 47.5 cm³/mol. The average molecular weight is 156 g/mol. The van der Waals surface area contributed by atoms with E-state index in [0.717, 1.165) is 17.2 Å². The Morgan fingerprint density at radius 2 is 2.20 bits per heavy atom. The molecule has 0 aliphatic carbocycles. The molecule has 0 bridgehead atoms. The van der Waals surface area contributed by atoms with Crippen molar-refractivity contribution in [1.29, 1.82) is 0 Å². The smallest absolute Gasteiger partial charge is 0.108 e. The topological polar surface area (TPSA) is 24.4 Å². The number of nitrogens with zero attached hydrogens (tertiary/aromatic N) is 1. The van der Waals surface area contributed by atoms with Crippen molar-refractivity contribution in [2.75, 3.05) is 0 Å². The third kappa shape index (κ3) is 1.19. The van der Waals surface area contributed by atoms with Gasteiger partial charge >= 0.3 is 0 Å². The molecule has 2 nitrogen and oxygen atoms in total.